The Kier molecular flexibility index (Phi) is 17.0. The van der Waals surface area contributed by atoms with Crippen molar-refractivity contribution >= 4 is 24.0 Å². The molecule has 18 nitrogen and oxygen atoms in total. The molecule has 0 aromatic rings. The first-order valence-electron chi connectivity index (χ1n) is 14.5. The highest BCUT2D eigenvalue weighted by Crippen LogP contribution is 2.25. The second-order valence-corrected chi connectivity index (χ2v) is 10.5. The number of hydrogen-bond donors (Lipinski definition) is 10. The molecule has 18 heteroatoms. The van der Waals surface area contributed by atoms with Gasteiger partial charge in [-0.3, -0.25) is 14.4 Å². The van der Waals surface area contributed by atoms with Gasteiger partial charge in [0.1, 0.15) is 42.9 Å². The maximum absolute atomic E-state index is 12.5. The van der Waals surface area contributed by atoms with Crippen molar-refractivity contribution in [1.82, 2.24) is 16.0 Å². The molecule has 0 saturated carbocycles. The maximum atomic E-state index is 12.5. The Balaban J connectivity index is 1.80. The van der Waals surface area contributed by atoms with E-state index in [9.17, 15) is 54.9 Å². The average molecular weight is 652 g/mol. The fourth-order valence-corrected chi connectivity index (χ4v) is 4.59. The number of aldehydes is 1. The summed E-state index contributed by atoms with van der Waals surface area (Å²) in [4.78, 5) is 47.9. The third kappa shape index (κ3) is 11.9. The minimum absolute atomic E-state index is 0.0131. The molecule has 2 saturated heterocycles. The van der Waals surface area contributed by atoms with Crippen LogP contribution in [0.5, 0.6) is 0 Å². The Morgan fingerprint density at radius 3 is 1.84 bits per heavy atom. The number of aliphatic hydroxyl groups excluding tert-OH is 7. The first kappa shape index (κ1) is 38.6. The normalized spacial score (nSPS) is 32.0. The molecule has 0 unspecified atom stereocenters. The SMILES string of the molecule is CNC(=O)CC/C(=C/CC(=O)NCCO[C@H]1O[C@H](CO)[C@@H](O)[C@H](O)[C@@H]1O)CC(=O)NCCO[C@H]1O[C@H](CO)[C@@H](O)[C@H](C=O)[C@@H]1O. The number of carbonyl (C=O) groups is 4. The molecule has 3 amide bonds. The van der Waals surface area contributed by atoms with Crippen molar-refractivity contribution < 1.29 is 73.9 Å². The van der Waals surface area contributed by atoms with E-state index in [0.717, 1.165) is 0 Å². The molecule has 258 valence electrons. The van der Waals surface area contributed by atoms with Crippen LogP contribution in [0.4, 0.5) is 0 Å². The summed E-state index contributed by atoms with van der Waals surface area (Å²) in [5.41, 5.74) is 0.504. The minimum Gasteiger partial charge on any atom is -0.394 e. The number of hydrogen-bond acceptors (Lipinski definition) is 15. The van der Waals surface area contributed by atoms with E-state index >= 15 is 0 Å². The zero-order valence-corrected chi connectivity index (χ0v) is 24.9. The lowest BCUT2D eigenvalue weighted by Gasteiger charge is -2.39. The van der Waals surface area contributed by atoms with E-state index in [4.69, 9.17) is 18.9 Å². The molecular weight excluding hydrogens is 606 g/mol. The highest BCUT2D eigenvalue weighted by atomic mass is 16.7. The second kappa shape index (κ2) is 19.8. The fourth-order valence-electron chi connectivity index (χ4n) is 4.59. The maximum Gasteiger partial charge on any atom is 0.224 e. The van der Waals surface area contributed by atoms with Crippen molar-refractivity contribution in [2.75, 3.05) is 46.6 Å². The van der Waals surface area contributed by atoms with Gasteiger partial charge in [-0.2, -0.15) is 0 Å². The van der Waals surface area contributed by atoms with E-state index in [1.165, 1.54) is 13.1 Å². The van der Waals surface area contributed by atoms with E-state index in [1.807, 2.05) is 0 Å². The summed E-state index contributed by atoms with van der Waals surface area (Å²) < 4.78 is 21.2. The number of rotatable bonds is 18. The molecule has 2 aliphatic heterocycles. The van der Waals surface area contributed by atoms with Crippen LogP contribution in [0, 0.1) is 5.92 Å². The van der Waals surface area contributed by atoms with Crippen LogP contribution in [-0.2, 0) is 38.1 Å². The fraction of sp³-hybridized carbons (Fsp3) is 0.778. The Labute approximate surface area is 259 Å². The van der Waals surface area contributed by atoms with E-state index in [0.29, 0.717) is 11.9 Å². The van der Waals surface area contributed by atoms with Crippen molar-refractivity contribution in [1.29, 1.82) is 0 Å². The number of carbonyl (C=O) groups excluding carboxylic acids is 4. The lowest BCUT2D eigenvalue weighted by atomic mass is 9.90. The second-order valence-electron chi connectivity index (χ2n) is 10.5. The van der Waals surface area contributed by atoms with Crippen molar-refractivity contribution in [2.45, 2.75) is 81.0 Å². The number of aliphatic hydroxyl groups is 7. The molecule has 0 aliphatic carbocycles. The summed E-state index contributed by atoms with van der Waals surface area (Å²) in [6.45, 7) is -1.53. The molecule has 2 aliphatic rings. The van der Waals surface area contributed by atoms with Crippen LogP contribution in [0.25, 0.3) is 0 Å². The van der Waals surface area contributed by atoms with Gasteiger partial charge in [-0.1, -0.05) is 11.6 Å². The summed E-state index contributed by atoms with van der Waals surface area (Å²) >= 11 is 0. The van der Waals surface area contributed by atoms with E-state index in [2.05, 4.69) is 16.0 Å². The van der Waals surface area contributed by atoms with Gasteiger partial charge in [0.25, 0.3) is 0 Å². The number of amides is 3. The summed E-state index contributed by atoms with van der Waals surface area (Å²) in [7, 11) is 1.46. The van der Waals surface area contributed by atoms with Gasteiger partial charge in [-0.05, 0) is 6.42 Å². The molecule has 0 aromatic heterocycles. The predicted molar refractivity (Wildman–Crippen MR) is 150 cm³/mol. The summed E-state index contributed by atoms with van der Waals surface area (Å²) in [6, 6.07) is 0. The molecule has 10 atom stereocenters. The predicted octanol–water partition coefficient (Wildman–Crippen LogP) is -5.46. The topological polar surface area (TPSA) is 283 Å². The molecule has 45 heavy (non-hydrogen) atoms. The Hall–Kier alpha value is -2.62. The van der Waals surface area contributed by atoms with Crippen molar-refractivity contribution in [3.8, 4) is 0 Å². The molecule has 2 heterocycles. The smallest absolute Gasteiger partial charge is 0.224 e. The summed E-state index contributed by atoms with van der Waals surface area (Å²) in [5.74, 6) is -2.38. The number of ether oxygens (including phenoxy) is 4. The van der Waals surface area contributed by atoms with Gasteiger partial charge in [0.15, 0.2) is 12.6 Å². The van der Waals surface area contributed by atoms with Gasteiger partial charge in [0.2, 0.25) is 17.7 Å². The van der Waals surface area contributed by atoms with Gasteiger partial charge >= 0.3 is 0 Å². The molecule has 0 radical (unpaired) electrons. The third-order valence-corrected chi connectivity index (χ3v) is 7.27. The standard InChI is InChI=1S/C27H45N3O15/c1-28-18(34)4-2-14(3-5-19(35)29-6-8-43-27-25(41)24(40)23(39)17(13-33)45-27)10-20(36)30-7-9-42-26-22(38)15(11-31)21(37)16(12-32)44-26/h3,11,15-17,21-27,32-33,37-41H,2,4-10,12-13H2,1H3,(H,28,34)(H,29,35)(H,30,36)/b14-3-/t15-,16+,17+,21-,22-,23+,24-,25-,26-,27-/m0/s1. The molecule has 0 bridgehead atoms. The molecule has 0 aromatic carbocycles. The van der Waals surface area contributed by atoms with Crippen molar-refractivity contribution in [2.24, 2.45) is 5.92 Å². The van der Waals surface area contributed by atoms with Crippen LogP contribution < -0.4 is 16.0 Å². The van der Waals surface area contributed by atoms with E-state index in [1.54, 1.807) is 0 Å². The first-order chi connectivity index (χ1) is 21.5. The van der Waals surface area contributed by atoms with Crippen LogP contribution in [0.3, 0.4) is 0 Å². The van der Waals surface area contributed by atoms with Gasteiger partial charge < -0.3 is 75.4 Å². The van der Waals surface area contributed by atoms with E-state index < -0.39 is 86.3 Å². The lowest BCUT2D eigenvalue weighted by Crippen LogP contribution is -2.59. The van der Waals surface area contributed by atoms with Gasteiger partial charge in [-0.25, -0.2) is 0 Å². The molecule has 2 rings (SSSR count). The van der Waals surface area contributed by atoms with Gasteiger partial charge in [0.05, 0.1) is 38.4 Å². The largest absolute Gasteiger partial charge is 0.394 e. The molecule has 2 fully saturated rings. The van der Waals surface area contributed by atoms with Crippen molar-refractivity contribution in [3.63, 3.8) is 0 Å². The Bertz CT molecular complexity index is 983. The van der Waals surface area contributed by atoms with E-state index in [-0.39, 0.29) is 57.9 Å². The van der Waals surface area contributed by atoms with Gasteiger partial charge in [-0.15, -0.1) is 0 Å². The van der Waals surface area contributed by atoms with Crippen LogP contribution in [0.1, 0.15) is 25.7 Å². The van der Waals surface area contributed by atoms with Crippen LogP contribution in [0.2, 0.25) is 0 Å². The highest BCUT2D eigenvalue weighted by molar-refractivity contribution is 5.81. The monoisotopic (exact) mass is 651 g/mol. The summed E-state index contributed by atoms with van der Waals surface area (Å²) in [5, 5.41) is 76.0. The Morgan fingerprint density at radius 2 is 1.29 bits per heavy atom. The quantitative estimate of drug-likeness (QED) is 0.0376. The highest BCUT2D eigenvalue weighted by Gasteiger charge is 2.45. The van der Waals surface area contributed by atoms with Crippen LogP contribution in [0.15, 0.2) is 11.6 Å². The summed E-state index contributed by atoms with van der Waals surface area (Å²) in [6.07, 6.45) is -10.7. The zero-order chi connectivity index (χ0) is 33.5. The van der Waals surface area contributed by atoms with Gasteiger partial charge in [0, 0.05) is 39.4 Å². The third-order valence-electron chi connectivity index (χ3n) is 7.27. The first-order valence-corrected chi connectivity index (χ1v) is 14.5. The zero-order valence-electron chi connectivity index (χ0n) is 24.9. The van der Waals surface area contributed by atoms with Crippen LogP contribution >= 0.6 is 0 Å². The average Bonchev–Trinajstić information content (AvgIpc) is 3.03. The lowest BCUT2D eigenvalue weighted by molar-refractivity contribution is -0.300. The van der Waals surface area contributed by atoms with Crippen molar-refractivity contribution in [3.05, 3.63) is 11.6 Å². The minimum atomic E-state index is -1.59. The molecular formula is C27H45N3O15. The molecule has 10 N–H and O–H groups in total. The van der Waals surface area contributed by atoms with Crippen LogP contribution in [-0.4, -0.2) is 162 Å². The number of nitrogens with one attached hydrogen (secondary N) is 3. The molecule has 0 spiro atoms. The Morgan fingerprint density at radius 1 is 0.733 bits per heavy atom.